The number of hydrogen-bond acceptors (Lipinski definition) is 2. The molecule has 2 nitrogen and oxygen atoms in total. The fourth-order valence-electron chi connectivity index (χ4n) is 2.22. The van der Waals surface area contributed by atoms with E-state index in [1.807, 2.05) is 31.2 Å². The minimum atomic E-state index is -0.139. The number of hydrogen-bond donors (Lipinski definition) is 1. The van der Waals surface area contributed by atoms with Gasteiger partial charge < -0.3 is 9.73 Å². The molecule has 0 saturated carbocycles. The Morgan fingerprint density at radius 1 is 1.26 bits per heavy atom. The first-order valence-electron chi connectivity index (χ1n) is 6.28. The monoisotopic (exact) mass is 325 g/mol. The lowest BCUT2D eigenvalue weighted by Gasteiger charge is -2.17. The van der Waals surface area contributed by atoms with Crippen molar-refractivity contribution in [2.75, 3.05) is 6.54 Å². The van der Waals surface area contributed by atoms with Crippen molar-refractivity contribution >= 4 is 15.9 Å². The molecule has 4 heteroatoms. The van der Waals surface area contributed by atoms with Crippen molar-refractivity contribution < 1.29 is 8.81 Å². The zero-order valence-electron chi connectivity index (χ0n) is 11.3. The molecule has 1 N–H and O–H groups in total. The smallest absolute Gasteiger partial charge is 0.169 e. The molecular weight excluding hydrogens is 309 g/mol. The van der Waals surface area contributed by atoms with E-state index in [1.165, 1.54) is 0 Å². The molecule has 0 aliphatic heterocycles. The molecule has 1 unspecified atom stereocenters. The van der Waals surface area contributed by atoms with Crippen molar-refractivity contribution in [1.29, 1.82) is 0 Å². The Labute approximate surface area is 121 Å². The summed E-state index contributed by atoms with van der Waals surface area (Å²) in [5, 5.41) is 3.37. The average molecular weight is 326 g/mol. The summed E-state index contributed by atoms with van der Waals surface area (Å²) in [6, 6.07) is 7.46. The molecule has 0 aliphatic rings. The highest BCUT2D eigenvalue weighted by Crippen LogP contribution is 2.28. The quantitative estimate of drug-likeness (QED) is 0.895. The molecule has 1 heterocycles. The van der Waals surface area contributed by atoms with Crippen molar-refractivity contribution in [2.45, 2.75) is 26.8 Å². The second kappa shape index (κ2) is 5.88. The minimum absolute atomic E-state index is 0.0608. The van der Waals surface area contributed by atoms with Crippen LogP contribution in [0.15, 0.2) is 33.4 Å². The second-order valence-corrected chi connectivity index (χ2v) is 5.38. The maximum atomic E-state index is 13.7. The Balaban J connectivity index is 2.44. The zero-order valence-corrected chi connectivity index (χ0v) is 12.8. The van der Waals surface area contributed by atoms with E-state index in [4.69, 9.17) is 4.42 Å². The van der Waals surface area contributed by atoms with E-state index in [0.29, 0.717) is 15.8 Å². The van der Waals surface area contributed by atoms with Crippen molar-refractivity contribution in [2.24, 2.45) is 0 Å². The molecule has 0 saturated heterocycles. The Hall–Kier alpha value is -1.13. The molecule has 0 bridgehead atoms. The summed E-state index contributed by atoms with van der Waals surface area (Å²) < 4.78 is 20.0. The fourth-order valence-corrected chi connectivity index (χ4v) is 2.54. The summed E-state index contributed by atoms with van der Waals surface area (Å²) in [6.45, 7) is 6.41. The van der Waals surface area contributed by atoms with Crippen LogP contribution >= 0.6 is 15.9 Å². The van der Waals surface area contributed by atoms with E-state index in [9.17, 15) is 4.39 Å². The van der Waals surface area contributed by atoms with Crippen molar-refractivity contribution in [1.82, 2.24) is 5.32 Å². The predicted octanol–water partition coefficient (Wildman–Crippen LogP) is 4.50. The van der Waals surface area contributed by atoms with E-state index in [2.05, 4.69) is 21.2 Å². The topological polar surface area (TPSA) is 25.2 Å². The van der Waals surface area contributed by atoms with Gasteiger partial charge in [-0.1, -0.05) is 19.1 Å². The average Bonchev–Trinajstić information content (AvgIpc) is 2.79. The molecule has 1 aromatic carbocycles. The van der Waals surface area contributed by atoms with Gasteiger partial charge in [0, 0.05) is 0 Å². The van der Waals surface area contributed by atoms with Gasteiger partial charge in [0.05, 0.1) is 6.04 Å². The summed E-state index contributed by atoms with van der Waals surface area (Å²) in [5.74, 6) is 0.679. The Bertz CT molecular complexity index is 556. The first-order chi connectivity index (χ1) is 9.02. The SMILES string of the molecule is CCNC(c1cc(C)c(F)c(C)c1)c1ccc(Br)o1. The first-order valence-corrected chi connectivity index (χ1v) is 7.07. The molecule has 1 aromatic heterocycles. The van der Waals surface area contributed by atoms with Crippen molar-refractivity contribution in [3.63, 3.8) is 0 Å². The van der Waals surface area contributed by atoms with Crippen LogP contribution in [0.3, 0.4) is 0 Å². The van der Waals surface area contributed by atoms with Gasteiger partial charge in [-0.05, 0) is 65.1 Å². The number of furan rings is 1. The lowest BCUT2D eigenvalue weighted by Crippen LogP contribution is -2.22. The van der Waals surface area contributed by atoms with Gasteiger partial charge in [0.25, 0.3) is 0 Å². The Kier molecular flexibility index (Phi) is 4.42. The van der Waals surface area contributed by atoms with Crippen LogP contribution in [0.5, 0.6) is 0 Å². The first kappa shape index (κ1) is 14.3. The third-order valence-corrected chi connectivity index (χ3v) is 3.51. The van der Waals surface area contributed by atoms with Crippen LogP contribution in [0, 0.1) is 19.7 Å². The summed E-state index contributed by atoms with van der Waals surface area (Å²) in [5.41, 5.74) is 2.33. The van der Waals surface area contributed by atoms with Gasteiger partial charge in [0.1, 0.15) is 11.6 Å². The lowest BCUT2D eigenvalue weighted by atomic mass is 9.99. The lowest BCUT2D eigenvalue weighted by molar-refractivity contribution is 0.437. The molecule has 0 fully saturated rings. The molecule has 0 radical (unpaired) electrons. The molecule has 0 aliphatic carbocycles. The summed E-state index contributed by atoms with van der Waals surface area (Å²) in [6.07, 6.45) is 0. The van der Waals surface area contributed by atoms with Crippen LogP contribution in [0.4, 0.5) is 4.39 Å². The zero-order chi connectivity index (χ0) is 14.0. The van der Waals surface area contributed by atoms with Crippen LogP contribution in [-0.4, -0.2) is 6.54 Å². The summed E-state index contributed by atoms with van der Waals surface area (Å²) in [7, 11) is 0. The molecule has 19 heavy (non-hydrogen) atoms. The van der Waals surface area contributed by atoms with E-state index >= 15 is 0 Å². The normalized spacial score (nSPS) is 12.7. The van der Waals surface area contributed by atoms with Crippen LogP contribution in [0.2, 0.25) is 0 Å². The van der Waals surface area contributed by atoms with Gasteiger partial charge in [0.2, 0.25) is 0 Å². The Morgan fingerprint density at radius 3 is 2.37 bits per heavy atom. The second-order valence-electron chi connectivity index (χ2n) is 4.60. The van der Waals surface area contributed by atoms with E-state index in [0.717, 1.165) is 17.9 Å². The number of nitrogens with one attached hydrogen (secondary N) is 1. The number of rotatable bonds is 4. The van der Waals surface area contributed by atoms with Crippen LogP contribution in [-0.2, 0) is 0 Å². The predicted molar refractivity (Wildman–Crippen MR) is 77.8 cm³/mol. The van der Waals surface area contributed by atoms with Gasteiger partial charge in [0.15, 0.2) is 4.67 Å². The van der Waals surface area contributed by atoms with Gasteiger partial charge in [-0.3, -0.25) is 0 Å². The largest absolute Gasteiger partial charge is 0.452 e. The number of benzene rings is 1. The van der Waals surface area contributed by atoms with E-state index < -0.39 is 0 Å². The molecule has 0 spiro atoms. The minimum Gasteiger partial charge on any atom is -0.452 e. The Morgan fingerprint density at radius 2 is 1.89 bits per heavy atom. The molecule has 102 valence electrons. The third-order valence-electron chi connectivity index (χ3n) is 3.08. The highest BCUT2D eigenvalue weighted by Gasteiger charge is 2.18. The molecule has 2 rings (SSSR count). The van der Waals surface area contributed by atoms with Crippen LogP contribution in [0.1, 0.15) is 35.4 Å². The molecular formula is C15H17BrFNO. The summed E-state index contributed by atoms with van der Waals surface area (Å²) >= 11 is 3.31. The molecule has 2 aromatic rings. The van der Waals surface area contributed by atoms with Gasteiger partial charge in [-0.25, -0.2) is 4.39 Å². The van der Waals surface area contributed by atoms with Gasteiger partial charge in [-0.2, -0.15) is 0 Å². The number of aryl methyl sites for hydroxylation is 2. The van der Waals surface area contributed by atoms with Crippen molar-refractivity contribution in [3.8, 4) is 0 Å². The molecule has 1 atom stereocenters. The van der Waals surface area contributed by atoms with Gasteiger partial charge >= 0.3 is 0 Å². The van der Waals surface area contributed by atoms with Crippen LogP contribution < -0.4 is 5.32 Å². The van der Waals surface area contributed by atoms with Crippen molar-refractivity contribution in [3.05, 3.63) is 57.2 Å². The number of halogens is 2. The summed E-state index contributed by atoms with van der Waals surface area (Å²) in [4.78, 5) is 0. The molecule has 0 amide bonds. The van der Waals surface area contributed by atoms with E-state index in [-0.39, 0.29) is 11.9 Å². The van der Waals surface area contributed by atoms with E-state index in [1.54, 1.807) is 13.8 Å². The highest BCUT2D eigenvalue weighted by atomic mass is 79.9. The van der Waals surface area contributed by atoms with Gasteiger partial charge in [-0.15, -0.1) is 0 Å². The fraction of sp³-hybridized carbons (Fsp3) is 0.333. The van der Waals surface area contributed by atoms with Crippen LogP contribution in [0.25, 0.3) is 0 Å². The maximum absolute atomic E-state index is 13.7. The highest BCUT2D eigenvalue weighted by molar-refractivity contribution is 9.10. The third kappa shape index (κ3) is 3.07. The maximum Gasteiger partial charge on any atom is 0.169 e. The standard InChI is InChI=1S/C15H17BrFNO/c1-4-18-15(12-5-6-13(16)19-12)11-7-9(2)14(17)10(3)8-11/h5-8,15,18H,4H2,1-3H3.